The van der Waals surface area contributed by atoms with Gasteiger partial charge in [0.25, 0.3) is 0 Å². The number of nitrogens with one attached hydrogen (secondary N) is 1. The first-order valence-corrected chi connectivity index (χ1v) is 11.1. The highest BCUT2D eigenvalue weighted by atomic mass is 127. The fourth-order valence-electron chi connectivity index (χ4n) is 3.83. The predicted octanol–water partition coefficient (Wildman–Crippen LogP) is 4.52. The van der Waals surface area contributed by atoms with Crippen LogP contribution in [0.3, 0.4) is 0 Å². The Morgan fingerprint density at radius 1 is 1.28 bits per heavy atom. The van der Waals surface area contributed by atoms with Crippen molar-refractivity contribution < 1.29 is 9.47 Å². The number of likely N-dealkylation sites (tertiary alicyclic amines) is 1. The number of benzene rings is 1. The highest BCUT2D eigenvalue weighted by Crippen LogP contribution is 2.18. The molecule has 29 heavy (non-hydrogen) atoms. The van der Waals surface area contributed by atoms with Gasteiger partial charge in [0.05, 0.1) is 18.8 Å². The third-order valence-electron chi connectivity index (χ3n) is 5.42. The lowest BCUT2D eigenvalue weighted by molar-refractivity contribution is -0.0721. The van der Waals surface area contributed by atoms with Crippen molar-refractivity contribution in [2.75, 3.05) is 39.4 Å². The number of hydrogen-bond acceptors (Lipinski definition) is 3. The Hall–Kier alpha value is -0.570. The summed E-state index contributed by atoms with van der Waals surface area (Å²) >= 11 is 6.07. The van der Waals surface area contributed by atoms with Gasteiger partial charge >= 0.3 is 0 Å². The topological polar surface area (TPSA) is 46.1 Å². The van der Waals surface area contributed by atoms with Crippen LogP contribution in [0.1, 0.15) is 44.6 Å². The van der Waals surface area contributed by atoms with E-state index >= 15 is 0 Å². The lowest BCUT2D eigenvalue weighted by Crippen LogP contribution is -2.47. The molecule has 3 rings (SSSR count). The fraction of sp³-hybridized carbons (Fsp3) is 0.682. The molecule has 2 aliphatic rings. The number of rotatable bonds is 7. The van der Waals surface area contributed by atoms with Gasteiger partial charge in [0, 0.05) is 37.8 Å². The Labute approximate surface area is 197 Å². The smallest absolute Gasteiger partial charge is 0.193 e. The molecule has 0 saturated carbocycles. The van der Waals surface area contributed by atoms with Crippen LogP contribution >= 0.6 is 35.6 Å². The maximum Gasteiger partial charge on any atom is 0.193 e. The highest BCUT2D eigenvalue weighted by molar-refractivity contribution is 14.0. The first-order valence-electron chi connectivity index (χ1n) is 10.8. The summed E-state index contributed by atoms with van der Waals surface area (Å²) in [4.78, 5) is 7.19. The SMILES string of the molecule is CCNC(=NCCc1cccc(Cl)c1)N1CCC(OCC2CCCCO2)CC1.I. The number of piperidine rings is 1. The molecule has 7 heteroatoms. The molecule has 164 valence electrons. The zero-order valence-corrected chi connectivity index (χ0v) is 20.5. The summed E-state index contributed by atoms with van der Waals surface area (Å²) in [5.74, 6) is 1.01. The van der Waals surface area contributed by atoms with E-state index in [0.29, 0.717) is 12.2 Å². The molecular formula is C22H35ClIN3O2. The van der Waals surface area contributed by atoms with Crippen LogP contribution in [-0.4, -0.2) is 62.5 Å². The third kappa shape index (κ3) is 8.59. The molecule has 2 fully saturated rings. The van der Waals surface area contributed by atoms with E-state index in [0.717, 1.165) is 76.1 Å². The van der Waals surface area contributed by atoms with Crippen molar-refractivity contribution in [3.05, 3.63) is 34.9 Å². The van der Waals surface area contributed by atoms with Gasteiger partial charge in [0.2, 0.25) is 0 Å². The molecule has 2 heterocycles. The summed E-state index contributed by atoms with van der Waals surface area (Å²) in [5, 5.41) is 4.22. The highest BCUT2D eigenvalue weighted by Gasteiger charge is 2.23. The Kier molecular flexibility index (Phi) is 11.6. The molecule has 1 atom stereocenters. The van der Waals surface area contributed by atoms with E-state index in [-0.39, 0.29) is 24.0 Å². The second-order valence-corrected chi connectivity index (χ2v) is 8.06. The molecule has 1 aromatic rings. The molecule has 5 nitrogen and oxygen atoms in total. The fourth-order valence-corrected chi connectivity index (χ4v) is 4.04. The molecule has 2 saturated heterocycles. The van der Waals surface area contributed by atoms with Crippen molar-refractivity contribution in [2.45, 2.75) is 57.7 Å². The van der Waals surface area contributed by atoms with Crippen LogP contribution < -0.4 is 5.32 Å². The van der Waals surface area contributed by atoms with Gasteiger partial charge in [-0.1, -0.05) is 23.7 Å². The van der Waals surface area contributed by atoms with Crippen molar-refractivity contribution in [1.82, 2.24) is 10.2 Å². The summed E-state index contributed by atoms with van der Waals surface area (Å²) in [6.07, 6.45) is 7.24. The summed E-state index contributed by atoms with van der Waals surface area (Å²) in [7, 11) is 0. The largest absolute Gasteiger partial charge is 0.376 e. The maximum atomic E-state index is 6.14. The Morgan fingerprint density at radius 3 is 2.79 bits per heavy atom. The minimum Gasteiger partial charge on any atom is -0.376 e. The second-order valence-electron chi connectivity index (χ2n) is 7.62. The van der Waals surface area contributed by atoms with E-state index < -0.39 is 0 Å². The summed E-state index contributed by atoms with van der Waals surface area (Å²) in [5.41, 5.74) is 1.23. The minimum absolute atomic E-state index is 0. The van der Waals surface area contributed by atoms with Crippen LogP contribution in [0.4, 0.5) is 0 Å². The van der Waals surface area contributed by atoms with E-state index in [9.17, 15) is 0 Å². The van der Waals surface area contributed by atoms with Crippen molar-refractivity contribution in [3.63, 3.8) is 0 Å². The van der Waals surface area contributed by atoms with Gasteiger partial charge in [-0.25, -0.2) is 0 Å². The van der Waals surface area contributed by atoms with Crippen molar-refractivity contribution >= 4 is 41.5 Å². The second kappa shape index (κ2) is 13.7. The summed E-state index contributed by atoms with van der Waals surface area (Å²) in [6.45, 7) is 7.37. The van der Waals surface area contributed by atoms with E-state index in [1.54, 1.807) is 0 Å². The van der Waals surface area contributed by atoms with Crippen LogP contribution in [0.25, 0.3) is 0 Å². The Morgan fingerprint density at radius 2 is 2.10 bits per heavy atom. The molecule has 2 aliphatic heterocycles. The number of halogens is 2. The summed E-state index contributed by atoms with van der Waals surface area (Å²) in [6, 6.07) is 8.02. The van der Waals surface area contributed by atoms with Gasteiger partial charge in [-0.15, -0.1) is 24.0 Å². The van der Waals surface area contributed by atoms with Crippen molar-refractivity contribution in [3.8, 4) is 0 Å². The van der Waals surface area contributed by atoms with Gasteiger partial charge in [-0.05, 0) is 63.1 Å². The monoisotopic (exact) mass is 535 g/mol. The van der Waals surface area contributed by atoms with Crippen LogP contribution in [0.15, 0.2) is 29.3 Å². The number of guanidine groups is 1. The van der Waals surface area contributed by atoms with Crippen LogP contribution in [0, 0.1) is 0 Å². The zero-order valence-electron chi connectivity index (χ0n) is 17.4. The van der Waals surface area contributed by atoms with E-state index in [1.165, 1.54) is 18.4 Å². The van der Waals surface area contributed by atoms with E-state index in [1.807, 2.05) is 18.2 Å². The lowest BCUT2D eigenvalue weighted by atomic mass is 10.1. The predicted molar refractivity (Wildman–Crippen MR) is 131 cm³/mol. The molecule has 1 unspecified atom stereocenters. The van der Waals surface area contributed by atoms with Gasteiger partial charge < -0.3 is 19.7 Å². The van der Waals surface area contributed by atoms with Gasteiger partial charge in [0.1, 0.15) is 0 Å². The van der Waals surface area contributed by atoms with Gasteiger partial charge in [-0.2, -0.15) is 0 Å². The minimum atomic E-state index is 0. The average molecular weight is 536 g/mol. The summed E-state index contributed by atoms with van der Waals surface area (Å²) < 4.78 is 11.9. The molecule has 0 spiro atoms. The first-order chi connectivity index (χ1) is 13.7. The van der Waals surface area contributed by atoms with Crippen molar-refractivity contribution in [1.29, 1.82) is 0 Å². The van der Waals surface area contributed by atoms with Crippen molar-refractivity contribution in [2.24, 2.45) is 4.99 Å². The standard InChI is InChI=1S/C22H34ClN3O2.HI/c1-2-24-22(25-12-9-18-6-5-7-19(23)16-18)26-13-10-20(11-14-26)28-17-21-8-3-4-15-27-21;/h5-7,16,20-21H,2-4,8-15,17H2,1H3,(H,24,25);1H. The van der Waals surface area contributed by atoms with E-state index in [4.69, 9.17) is 26.1 Å². The maximum absolute atomic E-state index is 6.14. The molecule has 0 aliphatic carbocycles. The normalized spacial score (nSPS) is 21.0. The molecule has 0 radical (unpaired) electrons. The third-order valence-corrected chi connectivity index (χ3v) is 5.65. The van der Waals surface area contributed by atoms with Crippen LogP contribution in [0.2, 0.25) is 5.02 Å². The van der Waals surface area contributed by atoms with Gasteiger partial charge in [-0.3, -0.25) is 4.99 Å². The molecule has 0 aromatic heterocycles. The number of aliphatic imine (C=N–C) groups is 1. The molecule has 1 aromatic carbocycles. The first kappa shape index (κ1) is 24.7. The molecular weight excluding hydrogens is 501 g/mol. The Balaban J connectivity index is 0.00000300. The average Bonchev–Trinajstić information content (AvgIpc) is 2.73. The lowest BCUT2D eigenvalue weighted by Gasteiger charge is -2.35. The molecule has 0 bridgehead atoms. The molecule has 0 amide bonds. The van der Waals surface area contributed by atoms with Crippen LogP contribution in [-0.2, 0) is 15.9 Å². The quantitative estimate of drug-likeness (QED) is 0.317. The van der Waals surface area contributed by atoms with Gasteiger partial charge in [0.15, 0.2) is 5.96 Å². The van der Waals surface area contributed by atoms with E-state index in [2.05, 4.69) is 23.2 Å². The Bertz CT molecular complexity index is 618. The number of hydrogen-bond donors (Lipinski definition) is 1. The van der Waals surface area contributed by atoms with Crippen LogP contribution in [0.5, 0.6) is 0 Å². The molecule has 1 N–H and O–H groups in total. The number of nitrogens with zero attached hydrogens (tertiary/aromatic N) is 2. The number of ether oxygens (including phenoxy) is 2. The zero-order chi connectivity index (χ0) is 19.6.